The van der Waals surface area contributed by atoms with E-state index in [9.17, 15) is 28.1 Å². The SMILES string of the molecule is CCOC(=O)C(C#N)c1ccc(C(F)(F)F)cc1[N+](=O)[O-]. The highest BCUT2D eigenvalue weighted by atomic mass is 19.4. The van der Waals surface area contributed by atoms with Crippen LogP contribution in [-0.2, 0) is 15.7 Å². The molecule has 0 aliphatic heterocycles. The molecule has 9 heteroatoms. The molecule has 0 N–H and O–H groups in total. The van der Waals surface area contributed by atoms with Crippen LogP contribution in [0.1, 0.15) is 24.0 Å². The van der Waals surface area contributed by atoms with E-state index < -0.39 is 39.8 Å². The Morgan fingerprint density at radius 2 is 2.14 bits per heavy atom. The molecule has 1 atom stereocenters. The lowest BCUT2D eigenvalue weighted by Gasteiger charge is -2.11. The molecule has 1 aromatic rings. The first-order valence-corrected chi connectivity index (χ1v) is 5.64. The summed E-state index contributed by atoms with van der Waals surface area (Å²) in [5.41, 5.74) is -2.63. The number of nitro benzene ring substituents is 1. The summed E-state index contributed by atoms with van der Waals surface area (Å²) >= 11 is 0. The van der Waals surface area contributed by atoms with Gasteiger partial charge in [0.2, 0.25) is 0 Å². The maximum absolute atomic E-state index is 12.5. The molecule has 0 heterocycles. The van der Waals surface area contributed by atoms with Gasteiger partial charge in [-0.3, -0.25) is 14.9 Å². The van der Waals surface area contributed by atoms with Crippen LogP contribution in [-0.4, -0.2) is 17.5 Å². The number of halogens is 3. The van der Waals surface area contributed by atoms with Gasteiger partial charge >= 0.3 is 12.1 Å². The zero-order valence-corrected chi connectivity index (χ0v) is 10.7. The van der Waals surface area contributed by atoms with Gasteiger partial charge in [0.15, 0.2) is 5.92 Å². The van der Waals surface area contributed by atoms with Crippen molar-refractivity contribution in [2.75, 3.05) is 6.61 Å². The molecule has 0 spiro atoms. The normalized spacial score (nSPS) is 12.3. The zero-order chi connectivity index (χ0) is 16.2. The third-order valence-electron chi connectivity index (χ3n) is 2.52. The highest BCUT2D eigenvalue weighted by molar-refractivity contribution is 5.83. The fourth-order valence-electron chi connectivity index (χ4n) is 1.60. The molecule has 1 aromatic carbocycles. The molecule has 1 unspecified atom stereocenters. The van der Waals surface area contributed by atoms with Crippen LogP contribution in [0.15, 0.2) is 18.2 Å². The first-order valence-electron chi connectivity index (χ1n) is 5.64. The third-order valence-corrected chi connectivity index (χ3v) is 2.52. The lowest BCUT2D eigenvalue weighted by molar-refractivity contribution is -0.385. The van der Waals surface area contributed by atoms with Gasteiger partial charge in [-0.25, -0.2) is 0 Å². The number of nitrogens with zero attached hydrogens (tertiary/aromatic N) is 2. The molecule has 0 amide bonds. The number of rotatable bonds is 4. The minimum atomic E-state index is -4.77. The first kappa shape index (κ1) is 16.4. The van der Waals surface area contributed by atoms with E-state index in [2.05, 4.69) is 4.74 Å². The van der Waals surface area contributed by atoms with Gasteiger partial charge in [0, 0.05) is 6.07 Å². The molecule has 0 bridgehead atoms. The first-order chi connectivity index (χ1) is 9.72. The van der Waals surface area contributed by atoms with Crippen molar-refractivity contribution in [1.29, 1.82) is 5.26 Å². The van der Waals surface area contributed by atoms with Gasteiger partial charge in [0.1, 0.15) is 0 Å². The van der Waals surface area contributed by atoms with E-state index in [1.165, 1.54) is 13.0 Å². The number of nitro groups is 1. The van der Waals surface area contributed by atoms with Crippen molar-refractivity contribution in [3.05, 3.63) is 39.4 Å². The van der Waals surface area contributed by atoms with Gasteiger partial charge in [0.25, 0.3) is 5.69 Å². The highest BCUT2D eigenvalue weighted by Gasteiger charge is 2.35. The maximum atomic E-state index is 12.5. The Morgan fingerprint density at radius 1 is 1.52 bits per heavy atom. The summed E-state index contributed by atoms with van der Waals surface area (Å²) in [5.74, 6) is -2.71. The number of hydrogen-bond donors (Lipinski definition) is 0. The average Bonchev–Trinajstić information content (AvgIpc) is 2.38. The standard InChI is InChI=1S/C12H9F3N2O4/c1-2-21-11(18)9(6-16)8-4-3-7(12(13,14)15)5-10(8)17(19)20/h3-5,9H,2H2,1H3. The van der Waals surface area contributed by atoms with Crippen LogP contribution in [0, 0.1) is 21.4 Å². The average molecular weight is 302 g/mol. The quantitative estimate of drug-likeness (QED) is 0.484. The second-order valence-corrected chi connectivity index (χ2v) is 3.84. The highest BCUT2D eigenvalue weighted by Crippen LogP contribution is 2.35. The predicted octanol–water partition coefficient (Wildman–Crippen LogP) is 2.78. The van der Waals surface area contributed by atoms with Gasteiger partial charge in [0.05, 0.1) is 28.7 Å². The molecule has 0 radical (unpaired) electrons. The van der Waals surface area contributed by atoms with E-state index in [4.69, 9.17) is 5.26 Å². The number of esters is 1. The van der Waals surface area contributed by atoms with E-state index in [1.807, 2.05) is 0 Å². The molecular formula is C12H9F3N2O4. The molecule has 1 rings (SSSR count). The number of carbonyl (C=O) groups is 1. The largest absolute Gasteiger partial charge is 0.465 e. The summed E-state index contributed by atoms with van der Waals surface area (Å²) in [7, 11) is 0. The number of carbonyl (C=O) groups excluding carboxylic acids is 1. The Bertz CT molecular complexity index is 608. The van der Waals surface area contributed by atoms with E-state index in [-0.39, 0.29) is 6.61 Å². The smallest absolute Gasteiger partial charge is 0.416 e. The summed E-state index contributed by atoms with van der Waals surface area (Å²) in [6.07, 6.45) is -4.77. The van der Waals surface area contributed by atoms with Crippen molar-refractivity contribution < 1.29 is 27.6 Å². The lowest BCUT2D eigenvalue weighted by atomic mass is 9.97. The number of nitriles is 1. The molecule has 0 aliphatic rings. The van der Waals surface area contributed by atoms with Crippen LogP contribution >= 0.6 is 0 Å². The van der Waals surface area contributed by atoms with Crippen molar-refractivity contribution in [3.63, 3.8) is 0 Å². The topological polar surface area (TPSA) is 93.2 Å². The third kappa shape index (κ3) is 3.68. The molecule has 0 aliphatic carbocycles. The van der Waals surface area contributed by atoms with Crippen molar-refractivity contribution in [1.82, 2.24) is 0 Å². The van der Waals surface area contributed by atoms with E-state index in [0.29, 0.717) is 12.1 Å². The van der Waals surface area contributed by atoms with Crippen molar-refractivity contribution >= 4 is 11.7 Å². The van der Waals surface area contributed by atoms with Crippen molar-refractivity contribution in [2.24, 2.45) is 0 Å². The molecule has 112 valence electrons. The van der Waals surface area contributed by atoms with Gasteiger partial charge < -0.3 is 4.74 Å². The Kier molecular flexibility index (Phi) is 4.86. The van der Waals surface area contributed by atoms with Crippen LogP contribution < -0.4 is 0 Å². The second-order valence-electron chi connectivity index (χ2n) is 3.84. The number of benzene rings is 1. The number of hydrogen-bond acceptors (Lipinski definition) is 5. The maximum Gasteiger partial charge on any atom is 0.416 e. The molecule has 0 aromatic heterocycles. The van der Waals surface area contributed by atoms with Crippen LogP contribution in [0.3, 0.4) is 0 Å². The summed E-state index contributed by atoms with van der Waals surface area (Å²) in [5, 5.41) is 19.8. The minimum absolute atomic E-state index is 0.0640. The number of ether oxygens (including phenoxy) is 1. The van der Waals surface area contributed by atoms with Gasteiger partial charge in [-0.1, -0.05) is 0 Å². The minimum Gasteiger partial charge on any atom is -0.465 e. The monoisotopic (exact) mass is 302 g/mol. The Hall–Kier alpha value is -2.63. The fourth-order valence-corrected chi connectivity index (χ4v) is 1.60. The second kappa shape index (κ2) is 6.21. The summed E-state index contributed by atoms with van der Waals surface area (Å²) in [6, 6.07) is 3.10. The fraction of sp³-hybridized carbons (Fsp3) is 0.333. The Labute approximate surface area is 116 Å². The van der Waals surface area contributed by atoms with Crippen molar-refractivity contribution in [2.45, 2.75) is 19.0 Å². The molecule has 0 saturated heterocycles. The summed E-state index contributed by atoms with van der Waals surface area (Å²) in [6.45, 7) is 1.40. The van der Waals surface area contributed by atoms with Gasteiger partial charge in [-0.2, -0.15) is 18.4 Å². The van der Waals surface area contributed by atoms with E-state index in [0.717, 1.165) is 6.07 Å². The number of alkyl halides is 3. The summed E-state index contributed by atoms with van der Waals surface area (Å²) < 4.78 is 42.2. The Morgan fingerprint density at radius 3 is 2.57 bits per heavy atom. The van der Waals surface area contributed by atoms with Crippen LogP contribution in [0.5, 0.6) is 0 Å². The van der Waals surface area contributed by atoms with Crippen molar-refractivity contribution in [3.8, 4) is 6.07 Å². The predicted molar refractivity (Wildman–Crippen MR) is 63.1 cm³/mol. The molecule has 6 nitrogen and oxygen atoms in total. The lowest BCUT2D eigenvalue weighted by Crippen LogP contribution is -2.16. The van der Waals surface area contributed by atoms with Crippen LogP contribution in [0.2, 0.25) is 0 Å². The van der Waals surface area contributed by atoms with Gasteiger partial charge in [-0.15, -0.1) is 0 Å². The van der Waals surface area contributed by atoms with E-state index >= 15 is 0 Å². The Balaban J connectivity index is 3.39. The van der Waals surface area contributed by atoms with E-state index in [1.54, 1.807) is 0 Å². The summed E-state index contributed by atoms with van der Waals surface area (Å²) in [4.78, 5) is 21.3. The van der Waals surface area contributed by atoms with Gasteiger partial charge in [-0.05, 0) is 19.1 Å². The zero-order valence-electron chi connectivity index (χ0n) is 10.7. The van der Waals surface area contributed by atoms with Crippen LogP contribution in [0.25, 0.3) is 0 Å². The molecule has 21 heavy (non-hydrogen) atoms. The molecule has 0 saturated carbocycles. The molecule has 0 fully saturated rings. The molecular weight excluding hydrogens is 293 g/mol. The van der Waals surface area contributed by atoms with Crippen LogP contribution in [0.4, 0.5) is 18.9 Å².